The van der Waals surface area contributed by atoms with Gasteiger partial charge in [-0.1, -0.05) is 77.5 Å². The van der Waals surface area contributed by atoms with Crippen LogP contribution in [0.5, 0.6) is 5.75 Å². The molecule has 0 fully saturated rings. The van der Waals surface area contributed by atoms with Gasteiger partial charge in [0.25, 0.3) is 0 Å². The highest BCUT2D eigenvalue weighted by Crippen LogP contribution is 2.41. The summed E-state index contributed by atoms with van der Waals surface area (Å²) in [5.74, 6) is 1.35. The molecule has 0 heterocycles. The molecule has 1 aromatic rings. The minimum absolute atomic E-state index is 0.0197. The van der Waals surface area contributed by atoms with Crippen molar-refractivity contribution in [2.75, 3.05) is 0 Å². The zero-order valence-corrected chi connectivity index (χ0v) is 26.7. The van der Waals surface area contributed by atoms with Crippen LogP contribution in [-0.4, -0.2) is 34.9 Å². The van der Waals surface area contributed by atoms with Gasteiger partial charge in [0.2, 0.25) is 0 Å². The second kappa shape index (κ2) is 13.6. The van der Waals surface area contributed by atoms with E-state index in [1.165, 1.54) is 23.7 Å². The maximum atomic E-state index is 6.99. The van der Waals surface area contributed by atoms with Gasteiger partial charge in [-0.3, -0.25) is 0 Å². The molecule has 0 saturated heterocycles. The fraction of sp³-hybridized carbons (Fsp3) is 0.677. The van der Waals surface area contributed by atoms with Gasteiger partial charge in [-0.2, -0.15) is 0 Å². The maximum absolute atomic E-state index is 6.99. The molecule has 4 unspecified atom stereocenters. The first-order valence-corrected chi connectivity index (χ1v) is 19.7. The molecule has 2 rings (SSSR count). The second-order valence-corrected chi connectivity index (χ2v) is 21.6. The van der Waals surface area contributed by atoms with Crippen LogP contribution in [0.2, 0.25) is 36.3 Å². The van der Waals surface area contributed by atoms with E-state index in [4.69, 9.17) is 13.6 Å². The van der Waals surface area contributed by atoms with E-state index >= 15 is 0 Å². The number of allylic oxidation sites excluding steroid dienone is 1. The normalized spacial score (nSPS) is 20.6. The van der Waals surface area contributed by atoms with Crippen LogP contribution in [0.15, 0.2) is 54.6 Å². The molecule has 0 aliphatic heterocycles. The minimum atomic E-state index is -1.95. The molecule has 0 N–H and O–H groups in total. The SMILES string of the molecule is C=CCC1C(CCC(O[Si](C)(C)C(C)(C)C)C(C)Oc2ccccc2)=CCC1O[Si](CC)(CC)CC. The topological polar surface area (TPSA) is 27.7 Å². The highest BCUT2D eigenvalue weighted by molar-refractivity contribution is 6.74. The van der Waals surface area contributed by atoms with Crippen molar-refractivity contribution in [1.29, 1.82) is 0 Å². The van der Waals surface area contributed by atoms with Crippen molar-refractivity contribution >= 4 is 16.6 Å². The molecule has 0 radical (unpaired) electrons. The van der Waals surface area contributed by atoms with Gasteiger partial charge < -0.3 is 13.6 Å². The molecule has 1 aromatic carbocycles. The van der Waals surface area contributed by atoms with Crippen LogP contribution in [0.25, 0.3) is 0 Å². The standard InChI is InChI=1S/C31H54O3Si2/c1-11-18-28-26(22-24-30(28)34-36(12-2,13-3)14-4)21-23-29(33-35(9,10)31(6,7)8)25(5)32-27-19-16-15-17-20-27/h11,15-17,19-20,22,25,28-30H,1,12-14,18,21,23-24H2,2-10H3. The molecule has 36 heavy (non-hydrogen) atoms. The lowest BCUT2D eigenvalue weighted by atomic mass is 9.91. The third kappa shape index (κ3) is 8.18. The molecule has 5 heteroatoms. The number of rotatable bonds is 15. The Labute approximate surface area is 225 Å². The number of benzene rings is 1. The number of hydrogen-bond acceptors (Lipinski definition) is 3. The molecule has 1 aliphatic carbocycles. The van der Waals surface area contributed by atoms with Crippen molar-refractivity contribution in [1.82, 2.24) is 0 Å². The van der Waals surface area contributed by atoms with E-state index in [1.54, 1.807) is 0 Å². The number of para-hydroxylation sites is 1. The lowest BCUT2D eigenvalue weighted by Gasteiger charge is -2.41. The first kappa shape index (κ1) is 31.1. The third-order valence-corrected chi connectivity index (χ3v) is 18.0. The van der Waals surface area contributed by atoms with E-state index in [0.29, 0.717) is 12.0 Å². The van der Waals surface area contributed by atoms with Crippen LogP contribution in [0, 0.1) is 5.92 Å². The van der Waals surface area contributed by atoms with Crippen molar-refractivity contribution in [2.24, 2.45) is 5.92 Å². The molecule has 0 aromatic heterocycles. The van der Waals surface area contributed by atoms with Crippen LogP contribution < -0.4 is 4.74 Å². The summed E-state index contributed by atoms with van der Waals surface area (Å²) in [6.45, 7) is 24.8. The monoisotopic (exact) mass is 530 g/mol. The van der Waals surface area contributed by atoms with E-state index in [9.17, 15) is 0 Å². The molecule has 0 bridgehead atoms. The molecular formula is C31H54O3Si2. The highest BCUT2D eigenvalue weighted by atomic mass is 28.4. The Hall–Kier alpha value is -1.15. The van der Waals surface area contributed by atoms with Crippen LogP contribution in [0.4, 0.5) is 0 Å². The van der Waals surface area contributed by atoms with E-state index in [0.717, 1.165) is 31.4 Å². The van der Waals surface area contributed by atoms with E-state index in [-0.39, 0.29) is 17.2 Å². The van der Waals surface area contributed by atoms with Crippen LogP contribution in [0.1, 0.15) is 74.1 Å². The van der Waals surface area contributed by atoms with E-state index in [2.05, 4.69) is 80.3 Å². The molecular weight excluding hydrogens is 477 g/mol. The van der Waals surface area contributed by atoms with Crippen molar-refractivity contribution in [3.63, 3.8) is 0 Å². The molecule has 3 nitrogen and oxygen atoms in total. The Balaban J connectivity index is 2.18. The summed E-state index contributed by atoms with van der Waals surface area (Å²) in [5, 5.41) is 0.156. The number of hydrogen-bond donors (Lipinski definition) is 0. The van der Waals surface area contributed by atoms with Crippen molar-refractivity contribution in [2.45, 2.75) is 129 Å². The Morgan fingerprint density at radius 2 is 1.67 bits per heavy atom. The van der Waals surface area contributed by atoms with Gasteiger partial charge in [-0.05, 0) is 81.0 Å². The average molecular weight is 531 g/mol. The fourth-order valence-corrected chi connectivity index (χ4v) is 9.41. The van der Waals surface area contributed by atoms with Crippen molar-refractivity contribution in [3.05, 3.63) is 54.6 Å². The summed E-state index contributed by atoms with van der Waals surface area (Å²) in [7, 11) is -3.60. The van der Waals surface area contributed by atoms with Gasteiger partial charge in [0, 0.05) is 5.92 Å². The van der Waals surface area contributed by atoms with Crippen LogP contribution in [-0.2, 0) is 8.85 Å². The molecule has 204 valence electrons. The van der Waals surface area contributed by atoms with Gasteiger partial charge in [0.15, 0.2) is 16.6 Å². The van der Waals surface area contributed by atoms with Crippen LogP contribution in [0.3, 0.4) is 0 Å². The quantitative estimate of drug-likeness (QED) is 0.167. The molecule has 0 spiro atoms. The van der Waals surface area contributed by atoms with Gasteiger partial charge in [0.05, 0.1) is 12.2 Å². The Morgan fingerprint density at radius 3 is 2.19 bits per heavy atom. The molecule has 0 saturated carbocycles. The predicted octanol–water partition coefficient (Wildman–Crippen LogP) is 9.54. The first-order chi connectivity index (χ1) is 16.9. The maximum Gasteiger partial charge on any atom is 0.192 e. The summed E-state index contributed by atoms with van der Waals surface area (Å²) in [5.41, 5.74) is 1.53. The summed E-state index contributed by atoms with van der Waals surface area (Å²) < 4.78 is 20.4. The highest BCUT2D eigenvalue weighted by Gasteiger charge is 2.41. The fourth-order valence-electron chi connectivity index (χ4n) is 5.09. The van der Waals surface area contributed by atoms with Gasteiger partial charge in [-0.15, -0.1) is 6.58 Å². The lowest BCUT2D eigenvalue weighted by Crippen LogP contribution is -2.47. The summed E-state index contributed by atoms with van der Waals surface area (Å²) >= 11 is 0. The minimum Gasteiger partial charge on any atom is -0.488 e. The van der Waals surface area contributed by atoms with E-state index < -0.39 is 16.6 Å². The molecule has 0 amide bonds. The van der Waals surface area contributed by atoms with Gasteiger partial charge in [-0.25, -0.2) is 0 Å². The predicted molar refractivity (Wildman–Crippen MR) is 161 cm³/mol. The Bertz CT molecular complexity index is 816. The van der Waals surface area contributed by atoms with Crippen molar-refractivity contribution in [3.8, 4) is 5.75 Å². The molecule has 1 aliphatic rings. The van der Waals surface area contributed by atoms with Gasteiger partial charge in [0.1, 0.15) is 11.9 Å². The molecule has 4 atom stereocenters. The third-order valence-electron chi connectivity index (χ3n) is 8.85. The van der Waals surface area contributed by atoms with Gasteiger partial charge >= 0.3 is 0 Å². The summed E-state index contributed by atoms with van der Waals surface area (Å²) in [6, 6.07) is 13.7. The van der Waals surface area contributed by atoms with Crippen molar-refractivity contribution < 1.29 is 13.6 Å². The lowest BCUT2D eigenvalue weighted by molar-refractivity contribution is 0.0492. The largest absolute Gasteiger partial charge is 0.488 e. The Morgan fingerprint density at radius 1 is 1.06 bits per heavy atom. The second-order valence-electron chi connectivity index (χ2n) is 12.1. The van der Waals surface area contributed by atoms with E-state index in [1.807, 2.05) is 30.3 Å². The summed E-state index contributed by atoms with van der Waals surface area (Å²) in [6.07, 6.45) is 8.89. The summed E-state index contributed by atoms with van der Waals surface area (Å²) in [4.78, 5) is 0. The smallest absolute Gasteiger partial charge is 0.192 e. The van der Waals surface area contributed by atoms with Crippen LogP contribution >= 0.6 is 0 Å². The average Bonchev–Trinajstić information content (AvgIpc) is 3.21. The first-order valence-electron chi connectivity index (χ1n) is 14.3. The zero-order chi connectivity index (χ0) is 27.0. The zero-order valence-electron chi connectivity index (χ0n) is 24.7. The Kier molecular flexibility index (Phi) is 11.7. The number of ether oxygens (including phenoxy) is 1.